The fourth-order valence-electron chi connectivity index (χ4n) is 0.561. The lowest BCUT2D eigenvalue weighted by molar-refractivity contribution is -0.118. The molecular weight excluding hydrogens is 184 g/mol. The summed E-state index contributed by atoms with van der Waals surface area (Å²) in [5.74, 6) is 4.09. The fourth-order valence-corrected chi connectivity index (χ4v) is 1.16. The van der Waals surface area contributed by atoms with Crippen molar-refractivity contribution >= 4 is 16.0 Å². The van der Waals surface area contributed by atoms with Crippen LogP contribution in [0.1, 0.15) is 13.3 Å². The molecule has 0 saturated heterocycles. The Kier molecular flexibility index (Phi) is 4.79. The third-order valence-corrected chi connectivity index (χ3v) is 2.17. The molecule has 0 aliphatic heterocycles. The molecule has 0 rings (SSSR count). The van der Waals surface area contributed by atoms with Crippen molar-refractivity contribution < 1.29 is 17.5 Å². The zero-order valence-corrected chi connectivity index (χ0v) is 7.56. The van der Waals surface area contributed by atoms with Gasteiger partial charge in [0.25, 0.3) is 10.1 Å². The van der Waals surface area contributed by atoms with Crippen molar-refractivity contribution in [3.05, 3.63) is 0 Å². The van der Waals surface area contributed by atoms with E-state index in [1.165, 1.54) is 6.92 Å². The van der Waals surface area contributed by atoms with E-state index in [9.17, 15) is 13.2 Å². The summed E-state index contributed by atoms with van der Waals surface area (Å²) in [7, 11) is -3.59. The van der Waals surface area contributed by atoms with Gasteiger partial charge in [-0.05, 0) is 6.42 Å². The Morgan fingerprint density at radius 2 is 2.17 bits per heavy atom. The molecule has 0 bridgehead atoms. The molecule has 0 unspecified atom stereocenters. The van der Waals surface area contributed by atoms with Crippen molar-refractivity contribution in [2.75, 3.05) is 12.3 Å². The maximum Gasteiger partial charge on any atom is 0.283 e. The second-order valence-corrected chi connectivity index (χ2v) is 3.91. The highest BCUT2D eigenvalue weighted by atomic mass is 32.2. The van der Waals surface area contributed by atoms with Gasteiger partial charge >= 0.3 is 0 Å². The van der Waals surface area contributed by atoms with E-state index in [4.69, 9.17) is 0 Å². The second kappa shape index (κ2) is 5.07. The summed E-state index contributed by atoms with van der Waals surface area (Å²) in [5, 5.41) is 2.44. The molecular formula is C5H12N2O4S. The van der Waals surface area contributed by atoms with Gasteiger partial charge in [0.2, 0.25) is 5.91 Å². The summed E-state index contributed by atoms with van der Waals surface area (Å²) in [6.45, 7) is 1.66. The van der Waals surface area contributed by atoms with Gasteiger partial charge in [0, 0.05) is 13.5 Å². The van der Waals surface area contributed by atoms with Crippen LogP contribution in [0, 0.1) is 0 Å². The van der Waals surface area contributed by atoms with Crippen LogP contribution in [0.2, 0.25) is 0 Å². The predicted molar refractivity (Wildman–Crippen MR) is 42.4 cm³/mol. The van der Waals surface area contributed by atoms with Crippen molar-refractivity contribution in [2.24, 2.45) is 5.90 Å². The van der Waals surface area contributed by atoms with Gasteiger partial charge in [0.1, 0.15) is 0 Å². The summed E-state index contributed by atoms with van der Waals surface area (Å²) in [5.41, 5.74) is 0. The van der Waals surface area contributed by atoms with Crippen LogP contribution in [0.4, 0.5) is 0 Å². The molecule has 0 aromatic rings. The third kappa shape index (κ3) is 6.08. The van der Waals surface area contributed by atoms with Crippen molar-refractivity contribution in [3.63, 3.8) is 0 Å². The van der Waals surface area contributed by atoms with E-state index in [-0.39, 0.29) is 11.7 Å². The summed E-state index contributed by atoms with van der Waals surface area (Å²) in [6, 6.07) is 0. The van der Waals surface area contributed by atoms with Crippen LogP contribution in [0.25, 0.3) is 0 Å². The number of nitrogens with two attached hydrogens (primary N) is 1. The first-order chi connectivity index (χ1) is 5.48. The van der Waals surface area contributed by atoms with Gasteiger partial charge in [-0.3, -0.25) is 4.79 Å². The van der Waals surface area contributed by atoms with Gasteiger partial charge in [0.05, 0.1) is 5.75 Å². The van der Waals surface area contributed by atoms with E-state index in [0.717, 1.165) is 0 Å². The third-order valence-electron chi connectivity index (χ3n) is 1.09. The largest absolute Gasteiger partial charge is 0.356 e. The smallest absolute Gasteiger partial charge is 0.283 e. The first-order valence-corrected chi connectivity index (χ1v) is 4.91. The standard InChI is InChI=1S/C5H12N2O4S/c1-5(8)7-3-2-4-12(9,10)11-6/h2-4,6H2,1H3,(H,7,8). The predicted octanol–water partition coefficient (Wildman–Crippen LogP) is -1.27. The monoisotopic (exact) mass is 196 g/mol. The Labute approximate surface area is 71.2 Å². The number of carbonyl (C=O) groups excluding carboxylic acids is 1. The molecule has 0 saturated carbocycles. The molecule has 1 amide bonds. The zero-order chi connectivity index (χ0) is 9.61. The Morgan fingerprint density at radius 3 is 2.58 bits per heavy atom. The molecule has 0 aliphatic rings. The zero-order valence-electron chi connectivity index (χ0n) is 6.74. The molecule has 12 heavy (non-hydrogen) atoms. The van der Waals surface area contributed by atoms with Crippen LogP contribution in [0.3, 0.4) is 0 Å². The van der Waals surface area contributed by atoms with Gasteiger partial charge in [-0.2, -0.15) is 18.6 Å². The molecule has 0 aromatic carbocycles. The van der Waals surface area contributed by atoms with Crippen LogP contribution < -0.4 is 11.2 Å². The van der Waals surface area contributed by atoms with Crippen molar-refractivity contribution in [1.82, 2.24) is 5.32 Å². The highest BCUT2D eigenvalue weighted by Gasteiger charge is 2.07. The molecule has 0 heterocycles. The van der Waals surface area contributed by atoms with Crippen LogP contribution in [-0.4, -0.2) is 26.6 Å². The summed E-state index contributed by atoms with van der Waals surface area (Å²) in [4.78, 5) is 10.3. The first-order valence-electron chi connectivity index (χ1n) is 3.33. The normalized spacial score (nSPS) is 11.2. The number of hydrogen-bond acceptors (Lipinski definition) is 5. The molecule has 6 nitrogen and oxygen atoms in total. The quantitative estimate of drug-likeness (QED) is 0.422. The minimum atomic E-state index is -3.59. The van der Waals surface area contributed by atoms with Gasteiger partial charge in [-0.25, -0.2) is 0 Å². The van der Waals surface area contributed by atoms with Gasteiger partial charge in [0.15, 0.2) is 0 Å². The lowest BCUT2D eigenvalue weighted by Crippen LogP contribution is -2.24. The number of hydrogen-bond donors (Lipinski definition) is 2. The molecule has 0 aliphatic carbocycles. The van der Waals surface area contributed by atoms with E-state index in [1.54, 1.807) is 0 Å². The van der Waals surface area contributed by atoms with E-state index >= 15 is 0 Å². The Hall–Kier alpha value is -0.660. The highest BCUT2D eigenvalue weighted by Crippen LogP contribution is 1.90. The molecule has 72 valence electrons. The lowest BCUT2D eigenvalue weighted by atomic mass is 10.5. The molecule has 0 aromatic heterocycles. The fraction of sp³-hybridized carbons (Fsp3) is 0.800. The number of rotatable bonds is 5. The molecule has 0 atom stereocenters. The van der Waals surface area contributed by atoms with Crippen molar-refractivity contribution in [2.45, 2.75) is 13.3 Å². The Morgan fingerprint density at radius 1 is 1.58 bits per heavy atom. The van der Waals surface area contributed by atoms with Gasteiger partial charge in [-0.1, -0.05) is 0 Å². The Bertz CT molecular complexity index is 236. The average molecular weight is 196 g/mol. The second-order valence-electron chi connectivity index (χ2n) is 2.19. The van der Waals surface area contributed by atoms with Crippen LogP contribution in [0.15, 0.2) is 0 Å². The van der Waals surface area contributed by atoms with E-state index < -0.39 is 10.1 Å². The highest BCUT2D eigenvalue weighted by molar-refractivity contribution is 7.86. The van der Waals surface area contributed by atoms with Crippen LogP contribution in [0.5, 0.6) is 0 Å². The minimum absolute atomic E-state index is 0.191. The van der Waals surface area contributed by atoms with Gasteiger partial charge < -0.3 is 5.32 Å². The maximum atomic E-state index is 10.6. The average Bonchev–Trinajstić information content (AvgIpc) is 1.98. The minimum Gasteiger partial charge on any atom is -0.356 e. The first kappa shape index (κ1) is 11.3. The summed E-state index contributed by atoms with van der Waals surface area (Å²) in [6.07, 6.45) is 0.291. The number of amides is 1. The maximum absolute atomic E-state index is 10.6. The van der Waals surface area contributed by atoms with E-state index in [2.05, 4.69) is 15.5 Å². The van der Waals surface area contributed by atoms with E-state index in [1.807, 2.05) is 0 Å². The van der Waals surface area contributed by atoms with Crippen LogP contribution >= 0.6 is 0 Å². The molecule has 0 fully saturated rings. The lowest BCUT2D eigenvalue weighted by Gasteiger charge is -2.01. The molecule has 7 heteroatoms. The van der Waals surface area contributed by atoms with Gasteiger partial charge in [-0.15, -0.1) is 0 Å². The summed E-state index contributed by atoms with van der Waals surface area (Å²) < 4.78 is 24.9. The molecule has 3 N–H and O–H groups in total. The number of carbonyl (C=O) groups is 1. The molecule has 0 radical (unpaired) electrons. The van der Waals surface area contributed by atoms with Crippen molar-refractivity contribution in [3.8, 4) is 0 Å². The number of nitrogens with one attached hydrogen (secondary N) is 1. The Balaban J connectivity index is 3.51. The summed E-state index contributed by atoms with van der Waals surface area (Å²) >= 11 is 0. The van der Waals surface area contributed by atoms with E-state index in [0.29, 0.717) is 13.0 Å². The van der Waals surface area contributed by atoms with Crippen LogP contribution in [-0.2, 0) is 19.2 Å². The topological polar surface area (TPSA) is 98.5 Å². The SMILES string of the molecule is CC(=O)NCCCS(=O)(=O)ON. The molecule has 0 spiro atoms. The van der Waals surface area contributed by atoms with Crippen molar-refractivity contribution in [1.29, 1.82) is 0 Å².